The first-order valence-corrected chi connectivity index (χ1v) is 8.06. The smallest absolute Gasteiger partial charge is 0.416 e. The molecular formula is C17H18F3N3O3. The largest absolute Gasteiger partial charge is 0.474 e. The van der Waals surface area contributed by atoms with Crippen LogP contribution in [0.15, 0.2) is 36.7 Å². The minimum atomic E-state index is -4.39. The zero-order valence-electron chi connectivity index (χ0n) is 13.7. The van der Waals surface area contributed by atoms with Crippen molar-refractivity contribution in [2.24, 2.45) is 0 Å². The first-order valence-electron chi connectivity index (χ1n) is 8.06. The molecule has 0 amide bonds. The lowest BCUT2D eigenvalue weighted by molar-refractivity contribution is -0.137. The molecule has 1 fully saturated rings. The van der Waals surface area contributed by atoms with E-state index in [2.05, 4.69) is 9.97 Å². The van der Waals surface area contributed by atoms with Crippen LogP contribution in [0.25, 0.3) is 0 Å². The van der Waals surface area contributed by atoms with Crippen molar-refractivity contribution < 1.29 is 28.1 Å². The van der Waals surface area contributed by atoms with Gasteiger partial charge in [-0.25, -0.2) is 0 Å². The molecule has 0 saturated carbocycles. The van der Waals surface area contributed by atoms with Crippen LogP contribution in [0, 0.1) is 0 Å². The fourth-order valence-corrected chi connectivity index (χ4v) is 2.97. The molecule has 2 heterocycles. The third kappa shape index (κ3) is 4.05. The Morgan fingerprint density at radius 1 is 1.19 bits per heavy atom. The molecule has 2 N–H and O–H groups in total. The van der Waals surface area contributed by atoms with Gasteiger partial charge in [-0.15, -0.1) is 0 Å². The molecule has 140 valence electrons. The first kappa shape index (κ1) is 18.4. The fourth-order valence-electron chi connectivity index (χ4n) is 2.97. The number of anilines is 1. The van der Waals surface area contributed by atoms with Crippen molar-refractivity contribution in [1.29, 1.82) is 0 Å². The molecule has 2 aromatic rings. The van der Waals surface area contributed by atoms with Gasteiger partial charge in [0.05, 0.1) is 36.7 Å². The Balaban J connectivity index is 1.85. The van der Waals surface area contributed by atoms with Crippen molar-refractivity contribution in [3.63, 3.8) is 0 Å². The van der Waals surface area contributed by atoms with Crippen LogP contribution in [-0.4, -0.2) is 46.0 Å². The molecule has 0 spiro atoms. The Morgan fingerprint density at radius 3 is 2.58 bits per heavy atom. The molecule has 0 unspecified atom stereocenters. The highest BCUT2D eigenvalue weighted by Crippen LogP contribution is 2.37. The first-order chi connectivity index (χ1) is 12.4. The highest BCUT2D eigenvalue weighted by molar-refractivity contribution is 5.44. The van der Waals surface area contributed by atoms with Crippen LogP contribution in [0.1, 0.15) is 23.6 Å². The molecule has 0 aliphatic carbocycles. The van der Waals surface area contributed by atoms with Crippen LogP contribution in [0.2, 0.25) is 0 Å². The van der Waals surface area contributed by atoms with Crippen LogP contribution in [0.3, 0.4) is 0 Å². The summed E-state index contributed by atoms with van der Waals surface area (Å²) in [6.45, 7) is 0.190. The van der Waals surface area contributed by atoms with E-state index in [0.717, 1.165) is 12.1 Å². The standard InChI is InChI=1S/C17H18F3N3O3/c18-17(19,20)12-3-1-11(2-4-12)14-7-13(25)10-23(14)15-8-21-9-16(22-15)26-6-5-24/h1-4,8-9,13-14,24-25H,5-7,10H2/t13-,14+/m1/s1. The van der Waals surface area contributed by atoms with E-state index in [1.165, 1.54) is 24.5 Å². The molecule has 1 aromatic carbocycles. The quantitative estimate of drug-likeness (QED) is 0.841. The topological polar surface area (TPSA) is 78.7 Å². The summed E-state index contributed by atoms with van der Waals surface area (Å²) >= 11 is 0. The van der Waals surface area contributed by atoms with Crippen LogP contribution < -0.4 is 9.64 Å². The number of aromatic nitrogens is 2. The number of alkyl halides is 3. The number of hydrogen-bond donors (Lipinski definition) is 2. The third-order valence-electron chi connectivity index (χ3n) is 4.14. The maximum Gasteiger partial charge on any atom is 0.416 e. The average Bonchev–Trinajstić information content (AvgIpc) is 3.01. The second kappa shape index (κ2) is 7.46. The number of rotatable bonds is 5. The van der Waals surface area contributed by atoms with E-state index in [1.807, 2.05) is 0 Å². The number of aliphatic hydroxyl groups is 2. The molecule has 6 nitrogen and oxygen atoms in total. The van der Waals surface area contributed by atoms with Crippen molar-refractivity contribution in [2.75, 3.05) is 24.7 Å². The minimum absolute atomic E-state index is 0.0725. The molecule has 1 saturated heterocycles. The van der Waals surface area contributed by atoms with Crippen molar-refractivity contribution in [3.05, 3.63) is 47.8 Å². The predicted octanol–water partition coefficient (Wildman–Crippen LogP) is 2.18. The number of β-amino-alcohol motifs (C(OH)–C–C–N with tert-alkyl or cyclic N) is 1. The Kier molecular flexibility index (Phi) is 5.28. The van der Waals surface area contributed by atoms with Gasteiger partial charge in [-0.2, -0.15) is 18.2 Å². The lowest BCUT2D eigenvalue weighted by Crippen LogP contribution is -2.25. The summed E-state index contributed by atoms with van der Waals surface area (Å²) in [6.07, 6.45) is -1.75. The summed E-state index contributed by atoms with van der Waals surface area (Å²) in [4.78, 5) is 10.1. The van der Waals surface area contributed by atoms with Crippen molar-refractivity contribution in [1.82, 2.24) is 9.97 Å². The van der Waals surface area contributed by atoms with Gasteiger partial charge in [-0.1, -0.05) is 12.1 Å². The van der Waals surface area contributed by atoms with Crippen molar-refractivity contribution >= 4 is 5.82 Å². The average molecular weight is 369 g/mol. The van der Waals surface area contributed by atoms with Gasteiger partial charge < -0.3 is 19.8 Å². The molecule has 1 aliphatic rings. The summed E-state index contributed by atoms with van der Waals surface area (Å²) in [7, 11) is 0. The monoisotopic (exact) mass is 369 g/mol. The third-order valence-corrected chi connectivity index (χ3v) is 4.14. The number of halogens is 3. The van der Waals surface area contributed by atoms with Crippen molar-refractivity contribution in [3.8, 4) is 5.88 Å². The van der Waals surface area contributed by atoms with E-state index in [-0.39, 0.29) is 31.7 Å². The molecule has 1 aliphatic heterocycles. The molecule has 0 bridgehead atoms. The summed E-state index contributed by atoms with van der Waals surface area (Å²) in [6, 6.07) is 4.57. The van der Waals surface area contributed by atoms with Gasteiger partial charge in [0.1, 0.15) is 6.61 Å². The highest BCUT2D eigenvalue weighted by atomic mass is 19.4. The Morgan fingerprint density at radius 2 is 1.92 bits per heavy atom. The SMILES string of the molecule is OCCOc1cncc(N2C[C@H](O)C[C@H]2c2ccc(C(F)(F)F)cc2)n1. The van der Waals surface area contributed by atoms with Gasteiger partial charge in [-0.05, 0) is 24.1 Å². The number of hydrogen-bond acceptors (Lipinski definition) is 6. The number of aliphatic hydroxyl groups excluding tert-OH is 2. The second-order valence-electron chi connectivity index (χ2n) is 5.97. The van der Waals surface area contributed by atoms with Gasteiger partial charge in [-0.3, -0.25) is 4.98 Å². The lowest BCUT2D eigenvalue weighted by atomic mass is 10.0. The van der Waals surface area contributed by atoms with Gasteiger partial charge in [0.25, 0.3) is 0 Å². The molecule has 9 heteroatoms. The van der Waals surface area contributed by atoms with Crippen LogP contribution >= 0.6 is 0 Å². The lowest BCUT2D eigenvalue weighted by Gasteiger charge is -2.26. The highest BCUT2D eigenvalue weighted by Gasteiger charge is 2.35. The summed E-state index contributed by atoms with van der Waals surface area (Å²) in [5.41, 5.74) is -0.0661. The molecule has 1 aromatic heterocycles. The van der Waals surface area contributed by atoms with Crippen LogP contribution in [-0.2, 0) is 6.18 Å². The van der Waals surface area contributed by atoms with E-state index in [4.69, 9.17) is 9.84 Å². The molecule has 26 heavy (non-hydrogen) atoms. The molecule has 2 atom stereocenters. The number of nitrogens with zero attached hydrogens (tertiary/aromatic N) is 3. The second-order valence-corrected chi connectivity index (χ2v) is 5.97. The maximum atomic E-state index is 12.7. The van der Waals surface area contributed by atoms with Gasteiger partial charge >= 0.3 is 6.18 Å². The minimum Gasteiger partial charge on any atom is -0.474 e. The molecule has 0 radical (unpaired) electrons. The van der Waals surface area contributed by atoms with Gasteiger partial charge in [0.2, 0.25) is 5.88 Å². The van der Waals surface area contributed by atoms with Gasteiger partial charge in [0, 0.05) is 6.54 Å². The molecular weight excluding hydrogens is 351 g/mol. The normalized spacial score (nSPS) is 20.4. The Labute approximate surface area is 147 Å². The van der Waals surface area contributed by atoms with E-state index in [9.17, 15) is 18.3 Å². The van der Waals surface area contributed by atoms with Crippen LogP contribution in [0.5, 0.6) is 5.88 Å². The van der Waals surface area contributed by atoms with E-state index < -0.39 is 17.8 Å². The van der Waals surface area contributed by atoms with Gasteiger partial charge in [0.15, 0.2) is 5.82 Å². The number of ether oxygens (including phenoxy) is 1. The zero-order valence-corrected chi connectivity index (χ0v) is 13.7. The predicted molar refractivity (Wildman–Crippen MR) is 86.8 cm³/mol. The maximum absolute atomic E-state index is 12.7. The molecule has 3 rings (SSSR count). The summed E-state index contributed by atoms with van der Waals surface area (Å²) < 4.78 is 43.5. The zero-order chi connectivity index (χ0) is 18.7. The Hall–Kier alpha value is -2.39. The van der Waals surface area contributed by atoms with E-state index in [0.29, 0.717) is 17.8 Å². The van der Waals surface area contributed by atoms with E-state index >= 15 is 0 Å². The fraction of sp³-hybridized carbons (Fsp3) is 0.412. The summed E-state index contributed by atoms with van der Waals surface area (Å²) in [5.74, 6) is 0.672. The Bertz CT molecular complexity index is 740. The summed E-state index contributed by atoms with van der Waals surface area (Å²) in [5, 5.41) is 18.9. The van der Waals surface area contributed by atoms with E-state index in [1.54, 1.807) is 4.90 Å². The van der Waals surface area contributed by atoms with Crippen molar-refractivity contribution in [2.45, 2.75) is 24.7 Å². The van der Waals surface area contributed by atoms with Crippen LogP contribution in [0.4, 0.5) is 19.0 Å². The number of benzene rings is 1.